The van der Waals surface area contributed by atoms with Crippen molar-refractivity contribution in [1.82, 2.24) is 4.57 Å². The van der Waals surface area contributed by atoms with Crippen LogP contribution in [0.5, 0.6) is 0 Å². The molecule has 1 aromatic heterocycles. The third-order valence-electron chi connectivity index (χ3n) is 3.27. The summed E-state index contributed by atoms with van der Waals surface area (Å²) in [7, 11) is 0. The summed E-state index contributed by atoms with van der Waals surface area (Å²) in [5.74, 6) is -1.43. The summed E-state index contributed by atoms with van der Waals surface area (Å²) in [5, 5.41) is 1.48. The summed E-state index contributed by atoms with van der Waals surface area (Å²) in [5.41, 5.74) is 2.02. The smallest absolute Gasteiger partial charge is 0.381 e. The number of aryl methyl sites for hydroxylation is 2. The number of ketones is 1. The van der Waals surface area contributed by atoms with Gasteiger partial charge >= 0.3 is 5.97 Å². The fourth-order valence-electron chi connectivity index (χ4n) is 2.41. The largest absolute Gasteiger partial charge is 0.460 e. The Hall–Kier alpha value is -1.81. The predicted octanol–water partition coefficient (Wildman–Crippen LogP) is 3.37. The molecule has 0 spiro atoms. The molecule has 0 fully saturated rings. The van der Waals surface area contributed by atoms with E-state index < -0.39 is 11.8 Å². The summed E-state index contributed by atoms with van der Waals surface area (Å²) in [6.45, 7) is 6.19. The van der Waals surface area contributed by atoms with E-state index in [1.165, 1.54) is 0 Å². The van der Waals surface area contributed by atoms with Crippen molar-refractivity contribution in [3.8, 4) is 0 Å². The molecule has 20 heavy (non-hydrogen) atoms. The fourth-order valence-corrected chi connectivity index (χ4v) is 2.58. The molecule has 4 nitrogen and oxygen atoms in total. The maximum absolute atomic E-state index is 12.3. The molecule has 0 aliphatic carbocycles. The summed E-state index contributed by atoms with van der Waals surface area (Å²) in [4.78, 5) is 24.0. The van der Waals surface area contributed by atoms with Gasteiger partial charge in [-0.15, -0.1) is 0 Å². The Morgan fingerprint density at radius 1 is 1.30 bits per heavy atom. The lowest BCUT2D eigenvalue weighted by Crippen LogP contribution is -2.21. The summed E-state index contributed by atoms with van der Waals surface area (Å²) in [6.07, 6.45) is 0. The summed E-state index contributed by atoms with van der Waals surface area (Å²) in [6, 6.07) is 5.44. The first kappa shape index (κ1) is 14.6. The number of carbonyl (C=O) groups excluding carboxylic acids is 2. The van der Waals surface area contributed by atoms with Crippen LogP contribution in [0.2, 0.25) is 5.02 Å². The molecule has 0 saturated heterocycles. The third-order valence-corrected chi connectivity index (χ3v) is 3.51. The molecular formula is C15H16ClNO3. The molecule has 2 rings (SSSR count). The number of esters is 1. The van der Waals surface area contributed by atoms with Gasteiger partial charge in [0.15, 0.2) is 0 Å². The number of rotatable bonds is 4. The highest BCUT2D eigenvalue weighted by Gasteiger charge is 2.26. The van der Waals surface area contributed by atoms with Crippen molar-refractivity contribution in [2.24, 2.45) is 0 Å². The highest BCUT2D eigenvalue weighted by Crippen LogP contribution is 2.28. The van der Waals surface area contributed by atoms with Gasteiger partial charge in [0, 0.05) is 22.5 Å². The molecule has 0 unspecified atom stereocenters. The molecule has 0 amide bonds. The number of Topliss-reactive ketones (excluding diaryl/α,β-unsaturated/α-hetero) is 1. The zero-order valence-electron chi connectivity index (χ0n) is 11.7. The first-order valence-corrected chi connectivity index (χ1v) is 6.88. The lowest BCUT2D eigenvalue weighted by Gasteiger charge is -2.07. The zero-order chi connectivity index (χ0) is 14.9. The van der Waals surface area contributed by atoms with Crippen LogP contribution in [0, 0.1) is 6.92 Å². The number of halogens is 1. The standard InChI is InChI=1S/C15H16ClNO3/c1-4-17-12-7-6-10(16)8-11(12)9(3)13(17)14(18)15(19)20-5-2/h6-8H,4-5H2,1-3H3. The van der Waals surface area contributed by atoms with Gasteiger partial charge in [0.25, 0.3) is 5.78 Å². The maximum Gasteiger partial charge on any atom is 0.381 e. The number of carbonyl (C=O) groups is 2. The minimum atomic E-state index is -0.820. The molecule has 2 aromatic rings. The van der Waals surface area contributed by atoms with Crippen LogP contribution in [0.25, 0.3) is 10.9 Å². The van der Waals surface area contributed by atoms with E-state index in [9.17, 15) is 9.59 Å². The molecule has 0 saturated carbocycles. The number of hydrogen-bond donors (Lipinski definition) is 0. The Morgan fingerprint density at radius 2 is 2.00 bits per heavy atom. The molecule has 0 atom stereocenters. The van der Waals surface area contributed by atoms with Crippen molar-refractivity contribution in [3.63, 3.8) is 0 Å². The van der Waals surface area contributed by atoms with Gasteiger partial charge < -0.3 is 9.30 Å². The van der Waals surface area contributed by atoms with E-state index in [0.29, 0.717) is 17.3 Å². The zero-order valence-corrected chi connectivity index (χ0v) is 12.5. The number of fused-ring (bicyclic) bond motifs is 1. The highest BCUT2D eigenvalue weighted by atomic mass is 35.5. The predicted molar refractivity (Wildman–Crippen MR) is 78.3 cm³/mol. The van der Waals surface area contributed by atoms with Crippen molar-refractivity contribution in [2.75, 3.05) is 6.61 Å². The van der Waals surface area contributed by atoms with Crippen molar-refractivity contribution in [2.45, 2.75) is 27.3 Å². The average molecular weight is 294 g/mol. The van der Waals surface area contributed by atoms with E-state index in [2.05, 4.69) is 0 Å². The SMILES string of the molecule is CCOC(=O)C(=O)c1c(C)c2cc(Cl)ccc2n1CC. The van der Waals surface area contributed by atoms with E-state index in [1.807, 2.05) is 24.5 Å². The first-order chi connectivity index (χ1) is 9.51. The van der Waals surface area contributed by atoms with Crippen LogP contribution in [0.15, 0.2) is 18.2 Å². The minimum absolute atomic E-state index is 0.182. The van der Waals surface area contributed by atoms with E-state index in [0.717, 1.165) is 16.5 Å². The Kier molecular flexibility index (Phi) is 4.14. The number of hydrogen-bond acceptors (Lipinski definition) is 3. The van der Waals surface area contributed by atoms with Gasteiger partial charge in [0.2, 0.25) is 0 Å². The lowest BCUT2D eigenvalue weighted by atomic mass is 10.1. The van der Waals surface area contributed by atoms with Crippen molar-refractivity contribution >= 4 is 34.3 Å². The molecular weight excluding hydrogens is 278 g/mol. The molecule has 0 aliphatic heterocycles. The lowest BCUT2D eigenvalue weighted by molar-refractivity contribution is -0.137. The van der Waals surface area contributed by atoms with Gasteiger partial charge in [-0.3, -0.25) is 4.79 Å². The quantitative estimate of drug-likeness (QED) is 0.493. The Bertz CT molecular complexity index is 688. The Labute approximate surface area is 122 Å². The van der Waals surface area contributed by atoms with Crippen molar-refractivity contribution in [1.29, 1.82) is 0 Å². The molecule has 0 aliphatic rings. The fraction of sp³-hybridized carbons (Fsp3) is 0.333. The maximum atomic E-state index is 12.3. The molecule has 5 heteroatoms. The Morgan fingerprint density at radius 3 is 2.60 bits per heavy atom. The van der Waals surface area contributed by atoms with Crippen molar-refractivity contribution < 1.29 is 14.3 Å². The minimum Gasteiger partial charge on any atom is -0.460 e. The summed E-state index contributed by atoms with van der Waals surface area (Å²) < 4.78 is 6.62. The second-order valence-electron chi connectivity index (χ2n) is 4.43. The number of aromatic nitrogens is 1. The van der Waals surface area contributed by atoms with Gasteiger partial charge in [-0.2, -0.15) is 0 Å². The van der Waals surface area contributed by atoms with Gasteiger partial charge in [-0.25, -0.2) is 4.79 Å². The van der Waals surface area contributed by atoms with E-state index >= 15 is 0 Å². The van der Waals surface area contributed by atoms with Crippen LogP contribution in [0.3, 0.4) is 0 Å². The van der Waals surface area contributed by atoms with Gasteiger partial charge in [0.1, 0.15) is 5.69 Å². The van der Waals surface area contributed by atoms with Gasteiger partial charge in [-0.1, -0.05) is 11.6 Å². The normalized spacial score (nSPS) is 10.8. The van der Waals surface area contributed by atoms with Gasteiger partial charge in [-0.05, 0) is 44.5 Å². The van der Waals surface area contributed by atoms with E-state index in [1.54, 1.807) is 19.1 Å². The van der Waals surface area contributed by atoms with Crippen LogP contribution in [-0.4, -0.2) is 22.9 Å². The molecule has 106 valence electrons. The second kappa shape index (κ2) is 5.67. The van der Waals surface area contributed by atoms with Crippen molar-refractivity contribution in [3.05, 3.63) is 34.5 Å². The monoisotopic (exact) mass is 293 g/mol. The number of benzene rings is 1. The third kappa shape index (κ3) is 2.31. The Balaban J connectivity index is 2.66. The van der Waals surface area contributed by atoms with Crippen LogP contribution in [0.1, 0.15) is 29.9 Å². The van der Waals surface area contributed by atoms with E-state index in [4.69, 9.17) is 16.3 Å². The van der Waals surface area contributed by atoms with E-state index in [-0.39, 0.29) is 6.61 Å². The van der Waals surface area contributed by atoms with Gasteiger partial charge in [0.05, 0.1) is 6.61 Å². The second-order valence-corrected chi connectivity index (χ2v) is 4.87. The summed E-state index contributed by atoms with van der Waals surface area (Å²) >= 11 is 6.00. The molecule has 0 N–H and O–H groups in total. The van der Waals surface area contributed by atoms with Crippen LogP contribution < -0.4 is 0 Å². The number of ether oxygens (including phenoxy) is 1. The first-order valence-electron chi connectivity index (χ1n) is 6.51. The molecule has 1 aromatic carbocycles. The number of nitrogens with zero attached hydrogens (tertiary/aromatic N) is 1. The topological polar surface area (TPSA) is 48.3 Å². The van der Waals surface area contributed by atoms with Crippen LogP contribution >= 0.6 is 11.6 Å². The highest BCUT2D eigenvalue weighted by molar-refractivity contribution is 6.41. The average Bonchev–Trinajstić information content (AvgIpc) is 2.70. The molecule has 0 bridgehead atoms. The van der Waals surface area contributed by atoms with Crippen LogP contribution in [0.4, 0.5) is 0 Å². The van der Waals surface area contributed by atoms with Crippen LogP contribution in [-0.2, 0) is 16.1 Å². The molecule has 0 radical (unpaired) electrons. The molecule has 1 heterocycles.